The highest BCUT2D eigenvalue weighted by molar-refractivity contribution is 6.30. The molecule has 1 aliphatic rings. The Morgan fingerprint density at radius 1 is 1.50 bits per heavy atom. The van der Waals surface area contributed by atoms with Crippen molar-refractivity contribution in [2.75, 3.05) is 13.2 Å². The predicted octanol–water partition coefficient (Wildman–Crippen LogP) is 3.21. The van der Waals surface area contributed by atoms with Gasteiger partial charge < -0.3 is 9.47 Å². The van der Waals surface area contributed by atoms with Crippen molar-refractivity contribution in [1.82, 2.24) is 0 Å². The largest absolute Gasteiger partial charge is 0.459 e. The molecule has 0 saturated carbocycles. The summed E-state index contributed by atoms with van der Waals surface area (Å²) in [7, 11) is 0. The van der Waals surface area contributed by atoms with E-state index >= 15 is 0 Å². The van der Waals surface area contributed by atoms with E-state index in [0.29, 0.717) is 11.6 Å². The Balaban J connectivity index is 1.92. The van der Waals surface area contributed by atoms with Crippen LogP contribution in [0.1, 0.15) is 29.6 Å². The highest BCUT2D eigenvalue weighted by atomic mass is 35.5. The van der Waals surface area contributed by atoms with Crippen molar-refractivity contribution < 1.29 is 18.7 Å². The molecule has 1 aromatic carbocycles. The summed E-state index contributed by atoms with van der Waals surface area (Å²) in [6.45, 7) is 0.846. The molecule has 1 heterocycles. The van der Waals surface area contributed by atoms with Crippen molar-refractivity contribution in [3.8, 4) is 0 Å². The van der Waals surface area contributed by atoms with Crippen LogP contribution in [0.15, 0.2) is 18.2 Å². The fourth-order valence-corrected chi connectivity index (χ4v) is 2.01. The Kier molecular flexibility index (Phi) is 4.55. The van der Waals surface area contributed by atoms with Gasteiger partial charge in [0.1, 0.15) is 12.4 Å². The zero-order valence-corrected chi connectivity index (χ0v) is 10.6. The average molecular weight is 273 g/mol. The van der Waals surface area contributed by atoms with Gasteiger partial charge in [0.15, 0.2) is 0 Å². The molecule has 1 saturated heterocycles. The second-order valence-corrected chi connectivity index (χ2v) is 4.65. The summed E-state index contributed by atoms with van der Waals surface area (Å²) in [5.74, 6) is -1.34. The van der Waals surface area contributed by atoms with Crippen LogP contribution in [0.5, 0.6) is 0 Å². The van der Waals surface area contributed by atoms with E-state index in [0.717, 1.165) is 25.3 Å². The molecular weight excluding hydrogens is 259 g/mol. The van der Waals surface area contributed by atoms with Gasteiger partial charge in [0.2, 0.25) is 0 Å². The molecule has 98 valence electrons. The third-order valence-corrected chi connectivity index (χ3v) is 3.06. The van der Waals surface area contributed by atoms with Crippen LogP contribution < -0.4 is 0 Å². The number of hydrogen-bond donors (Lipinski definition) is 0. The maximum absolute atomic E-state index is 13.4. The molecule has 1 aromatic rings. The van der Waals surface area contributed by atoms with E-state index in [4.69, 9.17) is 21.1 Å². The van der Waals surface area contributed by atoms with E-state index in [1.807, 2.05) is 0 Å². The molecule has 0 radical (unpaired) electrons. The standard InChI is InChI=1S/C13H14ClFO3/c14-9-4-5-12(15)11(7-9)13(16)18-8-10-3-1-2-6-17-10/h4-5,7,10H,1-3,6,8H2. The lowest BCUT2D eigenvalue weighted by molar-refractivity contribution is -0.0302. The van der Waals surface area contributed by atoms with Crippen LogP contribution in [-0.2, 0) is 9.47 Å². The molecule has 1 fully saturated rings. The maximum Gasteiger partial charge on any atom is 0.341 e. The molecular formula is C13H14ClFO3. The van der Waals surface area contributed by atoms with Gasteiger partial charge in [-0.25, -0.2) is 9.18 Å². The van der Waals surface area contributed by atoms with Crippen molar-refractivity contribution >= 4 is 17.6 Å². The molecule has 0 N–H and O–H groups in total. The summed E-state index contributed by atoms with van der Waals surface area (Å²) in [5.41, 5.74) is -0.140. The minimum Gasteiger partial charge on any atom is -0.459 e. The van der Waals surface area contributed by atoms with E-state index < -0.39 is 11.8 Å². The third kappa shape index (κ3) is 3.43. The Bertz CT molecular complexity index is 430. The first-order valence-corrected chi connectivity index (χ1v) is 6.28. The van der Waals surface area contributed by atoms with E-state index in [1.54, 1.807) is 0 Å². The number of esters is 1. The molecule has 0 spiro atoms. The lowest BCUT2D eigenvalue weighted by Gasteiger charge is -2.22. The summed E-state index contributed by atoms with van der Waals surface area (Å²) < 4.78 is 23.9. The molecule has 1 unspecified atom stereocenters. The van der Waals surface area contributed by atoms with Crippen molar-refractivity contribution in [2.45, 2.75) is 25.4 Å². The summed E-state index contributed by atoms with van der Waals surface area (Å²) >= 11 is 5.71. The fourth-order valence-electron chi connectivity index (χ4n) is 1.84. The quantitative estimate of drug-likeness (QED) is 0.793. The average Bonchev–Trinajstić information content (AvgIpc) is 2.40. The Morgan fingerprint density at radius 2 is 2.33 bits per heavy atom. The van der Waals surface area contributed by atoms with Crippen LogP contribution in [0.3, 0.4) is 0 Å². The Hall–Kier alpha value is -1.13. The van der Waals surface area contributed by atoms with Crippen molar-refractivity contribution in [1.29, 1.82) is 0 Å². The molecule has 0 amide bonds. The summed E-state index contributed by atoms with van der Waals surface area (Å²) in [6.07, 6.45) is 2.89. The van der Waals surface area contributed by atoms with Gasteiger partial charge in [0, 0.05) is 11.6 Å². The number of ether oxygens (including phenoxy) is 2. The molecule has 18 heavy (non-hydrogen) atoms. The number of rotatable bonds is 3. The number of carbonyl (C=O) groups excluding carboxylic acids is 1. The predicted molar refractivity (Wildman–Crippen MR) is 65.3 cm³/mol. The van der Waals surface area contributed by atoms with Gasteiger partial charge in [-0.15, -0.1) is 0 Å². The second-order valence-electron chi connectivity index (χ2n) is 4.21. The normalized spacial score (nSPS) is 19.6. The van der Waals surface area contributed by atoms with Gasteiger partial charge in [-0.3, -0.25) is 0 Å². The monoisotopic (exact) mass is 272 g/mol. The maximum atomic E-state index is 13.4. The fraction of sp³-hybridized carbons (Fsp3) is 0.462. The Labute approximate surface area is 110 Å². The van der Waals surface area contributed by atoms with E-state index in [-0.39, 0.29) is 18.3 Å². The smallest absolute Gasteiger partial charge is 0.341 e. The third-order valence-electron chi connectivity index (χ3n) is 2.82. The van der Waals surface area contributed by atoms with Gasteiger partial charge in [0.05, 0.1) is 11.7 Å². The van der Waals surface area contributed by atoms with Crippen LogP contribution in [0.4, 0.5) is 4.39 Å². The number of benzene rings is 1. The number of hydrogen-bond acceptors (Lipinski definition) is 3. The molecule has 3 nitrogen and oxygen atoms in total. The molecule has 1 aliphatic heterocycles. The van der Waals surface area contributed by atoms with Crippen LogP contribution in [0, 0.1) is 5.82 Å². The SMILES string of the molecule is O=C(OCC1CCCCO1)c1cc(Cl)ccc1F. The first-order chi connectivity index (χ1) is 8.66. The van der Waals surface area contributed by atoms with E-state index in [2.05, 4.69) is 0 Å². The van der Waals surface area contributed by atoms with Crippen LogP contribution in [0.2, 0.25) is 5.02 Å². The number of carbonyl (C=O) groups is 1. The number of halogens is 2. The van der Waals surface area contributed by atoms with E-state index in [9.17, 15) is 9.18 Å². The molecule has 5 heteroatoms. The van der Waals surface area contributed by atoms with Gasteiger partial charge in [-0.1, -0.05) is 11.6 Å². The first-order valence-electron chi connectivity index (χ1n) is 5.90. The lowest BCUT2D eigenvalue weighted by Crippen LogP contribution is -2.26. The van der Waals surface area contributed by atoms with Gasteiger partial charge in [-0.05, 0) is 37.5 Å². The van der Waals surface area contributed by atoms with Crippen molar-refractivity contribution in [3.63, 3.8) is 0 Å². The Morgan fingerprint density at radius 3 is 3.06 bits per heavy atom. The topological polar surface area (TPSA) is 35.5 Å². The van der Waals surface area contributed by atoms with Crippen LogP contribution in [0.25, 0.3) is 0 Å². The highest BCUT2D eigenvalue weighted by Gasteiger charge is 2.18. The van der Waals surface area contributed by atoms with Crippen molar-refractivity contribution in [3.05, 3.63) is 34.6 Å². The van der Waals surface area contributed by atoms with Crippen molar-refractivity contribution in [2.24, 2.45) is 0 Å². The lowest BCUT2D eigenvalue weighted by atomic mass is 10.1. The second kappa shape index (κ2) is 6.16. The van der Waals surface area contributed by atoms with Crippen LogP contribution in [-0.4, -0.2) is 25.3 Å². The zero-order chi connectivity index (χ0) is 13.0. The molecule has 0 bridgehead atoms. The summed E-state index contributed by atoms with van der Waals surface area (Å²) in [6, 6.07) is 3.80. The van der Waals surface area contributed by atoms with Gasteiger partial charge in [0.25, 0.3) is 0 Å². The molecule has 0 aliphatic carbocycles. The highest BCUT2D eigenvalue weighted by Crippen LogP contribution is 2.17. The summed E-state index contributed by atoms with van der Waals surface area (Å²) in [4.78, 5) is 11.7. The first kappa shape index (κ1) is 13.3. The zero-order valence-electron chi connectivity index (χ0n) is 9.83. The molecule has 2 rings (SSSR count). The molecule has 0 aromatic heterocycles. The minimum atomic E-state index is -0.704. The van der Waals surface area contributed by atoms with Gasteiger partial charge >= 0.3 is 5.97 Å². The van der Waals surface area contributed by atoms with Crippen LogP contribution >= 0.6 is 11.6 Å². The summed E-state index contributed by atoms with van der Waals surface area (Å²) in [5, 5.41) is 0.303. The van der Waals surface area contributed by atoms with E-state index in [1.165, 1.54) is 12.1 Å². The minimum absolute atomic E-state index is 0.0788. The molecule has 1 atom stereocenters. The van der Waals surface area contributed by atoms with Gasteiger partial charge in [-0.2, -0.15) is 0 Å².